The van der Waals surface area contributed by atoms with Crippen LogP contribution >= 0.6 is 27.7 Å². The Hall–Kier alpha value is -1.65. The first-order valence-corrected chi connectivity index (χ1v) is 12.9. The van der Waals surface area contributed by atoms with E-state index in [9.17, 15) is 9.59 Å². The third-order valence-corrected chi connectivity index (χ3v) is 7.14. The standard InChI is InChI=1S/C24H32BrFN2O5S/c1-22(2,3)32-20(29)28(21(30)33-23(4,5)6)19-27-24(17-11-15(25)8-9-18(17)26)12-16(31-7)10-14(24)13-34-19/h8-9,11,14,16H,10,12-13H2,1-7H3/t14-,16-,24?/m0/s1. The Kier molecular flexibility index (Phi) is 7.75. The number of ether oxygens (including phenoxy) is 3. The lowest BCUT2D eigenvalue weighted by Gasteiger charge is -2.38. The maximum absolute atomic E-state index is 15.2. The van der Waals surface area contributed by atoms with Gasteiger partial charge >= 0.3 is 12.2 Å². The van der Waals surface area contributed by atoms with E-state index in [1.807, 2.05) is 0 Å². The van der Waals surface area contributed by atoms with E-state index in [0.29, 0.717) is 28.6 Å². The highest BCUT2D eigenvalue weighted by Crippen LogP contribution is 2.53. The molecule has 0 spiro atoms. The number of methoxy groups -OCH3 is 1. The normalized spacial score (nSPS) is 24.8. The van der Waals surface area contributed by atoms with Gasteiger partial charge in [-0.05, 0) is 66.2 Å². The van der Waals surface area contributed by atoms with Crippen molar-refractivity contribution in [2.45, 2.75) is 77.2 Å². The summed E-state index contributed by atoms with van der Waals surface area (Å²) in [5, 5.41) is 0.121. The molecule has 34 heavy (non-hydrogen) atoms. The van der Waals surface area contributed by atoms with Crippen LogP contribution in [0.25, 0.3) is 0 Å². The fourth-order valence-electron chi connectivity index (χ4n) is 4.19. The third kappa shape index (κ3) is 5.94. The lowest BCUT2D eigenvalue weighted by atomic mass is 9.81. The van der Waals surface area contributed by atoms with Gasteiger partial charge < -0.3 is 14.2 Å². The van der Waals surface area contributed by atoms with Gasteiger partial charge in [0.2, 0.25) is 0 Å². The molecule has 1 aliphatic carbocycles. The molecule has 1 saturated carbocycles. The second kappa shape index (κ2) is 9.78. The van der Waals surface area contributed by atoms with Gasteiger partial charge in [0.15, 0.2) is 5.17 Å². The molecular formula is C24H32BrFN2O5S. The Balaban J connectivity index is 2.14. The number of hydrogen-bond acceptors (Lipinski definition) is 7. The molecule has 7 nitrogen and oxygen atoms in total. The number of imide groups is 1. The lowest BCUT2D eigenvalue weighted by Crippen LogP contribution is -2.49. The van der Waals surface area contributed by atoms with Crippen LogP contribution in [0.4, 0.5) is 14.0 Å². The number of nitrogens with zero attached hydrogens (tertiary/aromatic N) is 2. The van der Waals surface area contributed by atoms with E-state index in [1.165, 1.54) is 17.8 Å². The molecule has 1 aromatic rings. The molecular weight excluding hydrogens is 527 g/mol. The van der Waals surface area contributed by atoms with Gasteiger partial charge in [-0.15, -0.1) is 0 Å². The molecule has 3 rings (SSSR count). The number of carbonyl (C=O) groups is 2. The zero-order chi connectivity index (χ0) is 25.5. The minimum absolute atomic E-state index is 0.0471. The van der Waals surface area contributed by atoms with Crippen LogP contribution in [0, 0.1) is 11.7 Å². The van der Waals surface area contributed by atoms with Gasteiger partial charge in [0, 0.05) is 35.2 Å². The fourth-order valence-corrected chi connectivity index (χ4v) is 5.82. The van der Waals surface area contributed by atoms with Crippen LogP contribution in [0.1, 0.15) is 59.9 Å². The zero-order valence-electron chi connectivity index (χ0n) is 20.6. The molecule has 0 N–H and O–H groups in total. The topological polar surface area (TPSA) is 77.4 Å². The van der Waals surface area contributed by atoms with Gasteiger partial charge in [0.25, 0.3) is 0 Å². The average Bonchev–Trinajstić information content (AvgIpc) is 3.06. The van der Waals surface area contributed by atoms with E-state index in [2.05, 4.69) is 15.9 Å². The first kappa shape index (κ1) is 26.9. The molecule has 0 saturated heterocycles. The number of amidine groups is 1. The summed E-state index contributed by atoms with van der Waals surface area (Å²) in [6.45, 7) is 10.3. The van der Waals surface area contributed by atoms with Crippen molar-refractivity contribution in [1.82, 2.24) is 4.90 Å². The van der Waals surface area contributed by atoms with Crippen LogP contribution in [-0.2, 0) is 19.7 Å². The summed E-state index contributed by atoms with van der Waals surface area (Å²) in [6.07, 6.45) is -0.813. The Labute approximate surface area is 212 Å². The maximum Gasteiger partial charge on any atom is 0.426 e. The second-order valence-electron chi connectivity index (χ2n) is 10.5. The average molecular weight is 559 g/mol. The van der Waals surface area contributed by atoms with Crippen LogP contribution in [0.15, 0.2) is 27.7 Å². The van der Waals surface area contributed by atoms with Crippen molar-refractivity contribution in [3.05, 3.63) is 34.1 Å². The summed E-state index contributed by atoms with van der Waals surface area (Å²) in [5.41, 5.74) is -2.29. The highest BCUT2D eigenvalue weighted by molar-refractivity contribution is 9.10. The van der Waals surface area contributed by atoms with Crippen molar-refractivity contribution >= 4 is 45.0 Å². The number of aliphatic imine (C=N–C) groups is 1. The van der Waals surface area contributed by atoms with E-state index < -0.39 is 34.7 Å². The number of benzene rings is 1. The summed E-state index contributed by atoms with van der Waals surface area (Å²) in [4.78, 5) is 32.1. The van der Waals surface area contributed by atoms with E-state index >= 15 is 4.39 Å². The quantitative estimate of drug-likeness (QED) is 0.413. The van der Waals surface area contributed by atoms with E-state index in [1.54, 1.807) is 60.8 Å². The zero-order valence-corrected chi connectivity index (χ0v) is 23.0. The van der Waals surface area contributed by atoms with Crippen LogP contribution in [0.3, 0.4) is 0 Å². The van der Waals surface area contributed by atoms with Crippen LogP contribution in [0.5, 0.6) is 0 Å². The molecule has 3 atom stereocenters. The molecule has 1 unspecified atom stereocenters. The highest BCUT2D eigenvalue weighted by Gasteiger charge is 2.54. The molecule has 2 aliphatic rings. The third-order valence-electron chi connectivity index (χ3n) is 5.54. The number of carbonyl (C=O) groups excluding carboxylic acids is 2. The minimum Gasteiger partial charge on any atom is -0.443 e. The number of rotatable bonds is 2. The van der Waals surface area contributed by atoms with E-state index in [-0.39, 0.29) is 17.2 Å². The van der Waals surface area contributed by atoms with E-state index in [4.69, 9.17) is 19.2 Å². The van der Waals surface area contributed by atoms with Crippen molar-refractivity contribution in [1.29, 1.82) is 0 Å². The molecule has 1 heterocycles. The summed E-state index contributed by atoms with van der Waals surface area (Å²) < 4.78 is 32.5. The molecule has 188 valence electrons. The number of hydrogen-bond donors (Lipinski definition) is 0. The van der Waals surface area contributed by atoms with Gasteiger partial charge in [0.05, 0.1) is 11.6 Å². The van der Waals surface area contributed by atoms with Crippen LogP contribution in [-0.4, -0.2) is 52.4 Å². The Morgan fingerprint density at radius 1 is 1.15 bits per heavy atom. The highest BCUT2D eigenvalue weighted by atomic mass is 79.9. The van der Waals surface area contributed by atoms with Gasteiger partial charge in [-0.3, -0.25) is 0 Å². The Morgan fingerprint density at radius 2 is 1.74 bits per heavy atom. The van der Waals surface area contributed by atoms with Gasteiger partial charge in [0.1, 0.15) is 17.0 Å². The van der Waals surface area contributed by atoms with Crippen LogP contribution < -0.4 is 0 Å². The Morgan fingerprint density at radius 3 is 2.26 bits per heavy atom. The molecule has 10 heteroatoms. The fraction of sp³-hybridized carbons (Fsp3) is 0.625. The summed E-state index contributed by atoms with van der Waals surface area (Å²) in [5.74, 6) is 0.0717. The molecule has 2 amide bonds. The summed E-state index contributed by atoms with van der Waals surface area (Å²) >= 11 is 4.69. The SMILES string of the molecule is CO[C@H]1C[C@H]2CSC(N(C(=O)OC(C)(C)C)C(=O)OC(C)(C)C)=NC2(c2cc(Br)ccc2F)C1. The van der Waals surface area contributed by atoms with Crippen molar-refractivity contribution in [3.63, 3.8) is 0 Å². The van der Waals surface area contributed by atoms with Crippen molar-refractivity contribution < 1.29 is 28.2 Å². The van der Waals surface area contributed by atoms with Crippen molar-refractivity contribution in [2.75, 3.05) is 12.9 Å². The van der Waals surface area contributed by atoms with Gasteiger partial charge in [-0.1, -0.05) is 27.7 Å². The van der Waals surface area contributed by atoms with E-state index in [0.717, 1.165) is 4.90 Å². The van der Waals surface area contributed by atoms with Gasteiger partial charge in [-0.25, -0.2) is 19.0 Å². The smallest absolute Gasteiger partial charge is 0.426 e. The maximum atomic E-state index is 15.2. The summed E-state index contributed by atoms with van der Waals surface area (Å²) in [6, 6.07) is 4.73. The molecule has 1 aliphatic heterocycles. The lowest BCUT2D eigenvalue weighted by molar-refractivity contribution is 0.0150. The monoisotopic (exact) mass is 558 g/mol. The minimum atomic E-state index is -1.00. The first-order valence-electron chi connectivity index (χ1n) is 11.1. The molecule has 0 bridgehead atoms. The first-order chi connectivity index (χ1) is 15.6. The number of amides is 2. The number of thioether (sulfide) groups is 1. The molecule has 1 fully saturated rings. The second-order valence-corrected chi connectivity index (χ2v) is 12.4. The summed E-state index contributed by atoms with van der Waals surface area (Å²) in [7, 11) is 1.62. The number of halogens is 2. The predicted octanol–water partition coefficient (Wildman–Crippen LogP) is 6.48. The van der Waals surface area contributed by atoms with Crippen molar-refractivity contribution in [3.8, 4) is 0 Å². The molecule has 1 aromatic carbocycles. The van der Waals surface area contributed by atoms with Gasteiger partial charge in [-0.2, -0.15) is 4.90 Å². The molecule has 0 aromatic heterocycles. The number of fused-ring (bicyclic) bond motifs is 1. The Bertz CT molecular complexity index is 963. The van der Waals surface area contributed by atoms with Crippen LogP contribution in [0.2, 0.25) is 0 Å². The largest absolute Gasteiger partial charge is 0.443 e. The molecule has 0 radical (unpaired) electrons. The predicted molar refractivity (Wildman–Crippen MR) is 133 cm³/mol. The van der Waals surface area contributed by atoms with Crippen molar-refractivity contribution in [2.24, 2.45) is 10.9 Å².